The van der Waals surface area contributed by atoms with Crippen molar-refractivity contribution >= 4 is 119 Å². The summed E-state index contributed by atoms with van der Waals surface area (Å²) in [7, 11) is 1.89. The lowest BCUT2D eigenvalue weighted by Gasteiger charge is -2.35. The summed E-state index contributed by atoms with van der Waals surface area (Å²) < 4.78 is 35.2. The van der Waals surface area contributed by atoms with Gasteiger partial charge in [0.1, 0.15) is 60.0 Å². The molecule has 640 valence electrons. The number of aryl methyl sites for hydroxylation is 3. The molecule has 0 saturated carbocycles. The Balaban J connectivity index is 0.000000243. The van der Waals surface area contributed by atoms with E-state index in [1.54, 1.807) is 45.3 Å². The third-order valence-corrected chi connectivity index (χ3v) is 24.2. The maximum absolute atomic E-state index is 14.0. The first kappa shape index (κ1) is 95.3. The molecule has 8 atom stereocenters. The number of nitrogens with zero attached hydrogens (tertiary/aromatic N) is 6. The van der Waals surface area contributed by atoms with Gasteiger partial charge in [-0.2, -0.15) is 0 Å². The van der Waals surface area contributed by atoms with Crippen molar-refractivity contribution in [3.05, 3.63) is 173 Å². The fourth-order valence-corrected chi connectivity index (χ4v) is 16.9. The maximum Gasteiger partial charge on any atom is 0.329 e. The summed E-state index contributed by atoms with van der Waals surface area (Å²) in [5.41, 5.74) is 21.2. The number of ether oxygens (including phenoxy) is 6. The Labute approximate surface area is 719 Å². The number of halogens is 1. The van der Waals surface area contributed by atoms with Crippen LogP contribution in [0.3, 0.4) is 0 Å². The molecule has 12 rings (SSSR count). The zero-order chi connectivity index (χ0) is 84.1. The second-order valence-corrected chi connectivity index (χ2v) is 34.9. The largest absolute Gasteiger partial charge is 0.491 e. The SMILES string of the molecule is C.CCc1ccc(-c2nc3ccc(OCCOCCOCC(=O)O)cc3s2)cc1.CNc1ccc(-c2nc3ccc(OCCOCCOCC(=O)N[C@H](C(=O)N4C[C@H](O)C[C@H]4C(=O)N[C@@H](C)c4ccc(-c5scnc5C)cc4)C(C)(C)C)cc3s2)cc1.Cc1ncsc1-c1ccc([C@H](C)CC(=O)[C@@H]2C[C@@H](O)CN2C(=O)[C@@H](N)C(C)(C)C)cc1.Cl. The first-order valence-corrected chi connectivity index (χ1v) is 42.7. The van der Waals surface area contributed by atoms with Crippen molar-refractivity contribution in [3.63, 3.8) is 0 Å². The average Bonchev–Trinajstić information content (AvgIpc) is 1.70. The normalized spacial score (nSPS) is 16.2. The first-order valence-electron chi connectivity index (χ1n) is 39.3. The van der Waals surface area contributed by atoms with Gasteiger partial charge in [0.15, 0.2) is 5.78 Å². The number of nitrogens with two attached hydrogens (primary N) is 1. The first-order chi connectivity index (χ1) is 55.9. The summed E-state index contributed by atoms with van der Waals surface area (Å²) >= 11 is 6.45. The predicted octanol–water partition coefficient (Wildman–Crippen LogP) is 14.8. The van der Waals surface area contributed by atoms with Gasteiger partial charge in [-0.25, -0.2) is 24.7 Å². The number of carbonyl (C=O) groups excluding carboxylic acids is 5. The molecule has 2 aliphatic rings. The summed E-state index contributed by atoms with van der Waals surface area (Å²) in [6, 6.07) is 41.0. The van der Waals surface area contributed by atoms with Crippen LogP contribution >= 0.6 is 57.8 Å². The van der Waals surface area contributed by atoms with Crippen molar-refractivity contribution in [2.24, 2.45) is 16.6 Å². The third-order valence-electron chi connectivity index (χ3n) is 20.1. The van der Waals surface area contributed by atoms with Gasteiger partial charge >= 0.3 is 5.97 Å². The molecule has 0 unspecified atom stereocenters. The van der Waals surface area contributed by atoms with Crippen LogP contribution in [0.5, 0.6) is 11.5 Å². The van der Waals surface area contributed by atoms with Gasteiger partial charge in [-0.3, -0.25) is 24.0 Å². The van der Waals surface area contributed by atoms with Crippen LogP contribution in [0.4, 0.5) is 5.69 Å². The molecule has 10 aromatic rings. The number of hydrogen-bond acceptors (Lipinski definition) is 24. The number of rotatable bonds is 34. The Bertz CT molecular complexity index is 4930. The number of nitrogens with one attached hydrogen (secondary N) is 3. The zero-order valence-corrected chi connectivity index (χ0v) is 72.9. The molecule has 30 heteroatoms. The van der Waals surface area contributed by atoms with Crippen molar-refractivity contribution in [1.29, 1.82) is 0 Å². The van der Waals surface area contributed by atoms with Crippen LogP contribution in [0.1, 0.15) is 129 Å². The molecule has 6 aromatic carbocycles. The van der Waals surface area contributed by atoms with Crippen LogP contribution in [0.2, 0.25) is 0 Å². The maximum atomic E-state index is 14.0. The lowest BCUT2D eigenvalue weighted by molar-refractivity contribution is -0.144. The number of thiazole rings is 4. The summed E-state index contributed by atoms with van der Waals surface area (Å²) in [6.45, 7) is 23.3. The number of likely N-dealkylation sites (tertiary alicyclic amines) is 2. The molecule has 4 aromatic heterocycles. The molecule has 119 heavy (non-hydrogen) atoms. The predicted molar refractivity (Wildman–Crippen MR) is 475 cm³/mol. The number of carboxylic acid groups (broad SMARTS) is 1. The highest BCUT2D eigenvalue weighted by atomic mass is 35.5. The van der Waals surface area contributed by atoms with E-state index < -0.39 is 65.0 Å². The lowest BCUT2D eigenvalue weighted by Crippen LogP contribution is -2.58. The summed E-state index contributed by atoms with van der Waals surface area (Å²) in [5, 5.41) is 40.1. The van der Waals surface area contributed by atoms with Crippen molar-refractivity contribution in [2.45, 2.75) is 158 Å². The number of ketones is 1. The van der Waals surface area contributed by atoms with E-state index in [-0.39, 0.29) is 108 Å². The van der Waals surface area contributed by atoms with E-state index in [1.807, 2.05) is 184 Å². The van der Waals surface area contributed by atoms with Gasteiger partial charge in [0, 0.05) is 56.2 Å². The molecule has 2 aliphatic heterocycles. The van der Waals surface area contributed by atoms with E-state index >= 15 is 0 Å². The summed E-state index contributed by atoms with van der Waals surface area (Å²) in [4.78, 5) is 100. The van der Waals surface area contributed by atoms with Crippen LogP contribution in [-0.2, 0) is 54.1 Å². The minimum Gasteiger partial charge on any atom is -0.491 e. The zero-order valence-electron chi connectivity index (χ0n) is 68.8. The number of anilines is 1. The highest BCUT2D eigenvalue weighted by molar-refractivity contribution is 7.22. The van der Waals surface area contributed by atoms with E-state index in [9.17, 15) is 39.0 Å². The topological polar surface area (TPSA) is 339 Å². The Morgan fingerprint density at radius 1 is 0.571 bits per heavy atom. The van der Waals surface area contributed by atoms with Gasteiger partial charge in [0.25, 0.3) is 0 Å². The average molecular weight is 1730 g/mol. The number of aromatic nitrogens is 4. The summed E-state index contributed by atoms with van der Waals surface area (Å²) in [6.07, 6.45) is 0.150. The fourth-order valence-electron chi connectivity index (χ4n) is 13.3. The number of carbonyl (C=O) groups is 6. The molecule has 0 bridgehead atoms. The number of amides is 4. The second-order valence-electron chi connectivity index (χ2n) is 31.2. The van der Waals surface area contributed by atoms with E-state index in [2.05, 4.69) is 69.2 Å². The molecule has 8 N–H and O–H groups in total. The monoisotopic (exact) mass is 1720 g/mol. The van der Waals surface area contributed by atoms with Gasteiger partial charge in [0.05, 0.1) is 123 Å². The molecule has 2 fully saturated rings. The number of aliphatic carboxylic acids is 1. The van der Waals surface area contributed by atoms with E-state index in [0.29, 0.717) is 39.5 Å². The number of aliphatic hydroxyl groups is 2. The highest BCUT2D eigenvalue weighted by Gasteiger charge is 2.46. The minimum absolute atomic E-state index is 0. The lowest BCUT2D eigenvalue weighted by atomic mass is 9.85. The Morgan fingerprint density at radius 2 is 1.03 bits per heavy atom. The van der Waals surface area contributed by atoms with E-state index in [1.165, 1.54) is 15.4 Å². The highest BCUT2D eigenvalue weighted by Crippen LogP contribution is 2.37. The molecule has 0 aliphatic carbocycles. The van der Waals surface area contributed by atoms with E-state index in [0.717, 1.165) is 109 Å². The minimum atomic E-state index is -0.983. The molecular weight excluding hydrogens is 1610 g/mol. The van der Waals surface area contributed by atoms with Crippen molar-refractivity contribution in [1.82, 2.24) is 40.4 Å². The molecule has 4 amide bonds. The van der Waals surface area contributed by atoms with Gasteiger partial charge in [0.2, 0.25) is 23.6 Å². The molecule has 0 radical (unpaired) electrons. The number of β-amino-alcohol motifs (C(OH)–C–C–N with tert-alkyl or cyclic N) is 2. The smallest absolute Gasteiger partial charge is 0.329 e. The van der Waals surface area contributed by atoms with Crippen LogP contribution in [0.25, 0.3) is 62.5 Å². The second kappa shape index (κ2) is 44.9. The molecule has 0 spiro atoms. The van der Waals surface area contributed by atoms with Crippen molar-refractivity contribution in [3.8, 4) is 53.5 Å². The van der Waals surface area contributed by atoms with Crippen LogP contribution in [0.15, 0.2) is 144 Å². The Kier molecular flexibility index (Phi) is 35.9. The molecule has 6 heterocycles. The van der Waals surface area contributed by atoms with Crippen molar-refractivity contribution in [2.75, 3.05) is 91.5 Å². The molecule has 25 nitrogen and oxygen atoms in total. The van der Waals surface area contributed by atoms with Gasteiger partial charge < -0.3 is 75.2 Å². The quantitative estimate of drug-likeness (QED) is 0.0184. The van der Waals surface area contributed by atoms with Crippen LogP contribution in [0, 0.1) is 24.7 Å². The number of fused-ring (bicyclic) bond motifs is 2. The Morgan fingerprint density at radius 3 is 1.49 bits per heavy atom. The number of Topliss-reactive ketones (excluding diaryl/α,β-unsaturated/α-hetero) is 1. The number of carboxylic acids is 1. The molecule has 2 saturated heterocycles. The number of hydrogen-bond donors (Lipinski definition) is 7. The van der Waals surface area contributed by atoms with Gasteiger partial charge in [-0.05, 0) is 132 Å². The third kappa shape index (κ3) is 26.9. The standard InChI is InChI=1S/C43H52N6O7S2.C24H33N3O3S.C21H23NO5S.CH4.ClH/c1-26(28-7-9-29(10-8-28)38-27(2)45-25-57-38)46-40(52)35-21-32(50)23-49(35)42(53)39(43(3,4)5)48-37(51)24-55-18-17-54-19-20-56-33-15-16-34-36(22-33)58-41(47-34)30-11-13-31(44-6)14-12-30;1-14(16-6-8-17(9-7-16)21-15(2)26-13-31-21)10-20(29)19-11-18(28)12-27(19)23(30)22(25)24(3,4)5;1-2-15-3-5-16(6-4-15)21-22-18-8-7-17(13-19(18)28-21)27-12-11-25-9-10-26-14-20(23)24;;/h7-16,22,25-26,32,35,39,44,50H,17-21,23-24H2,1-6H3,(H,46,52)(H,48,51);6-9,13-14,18-19,22,28H,10-12,25H2,1-5H3;3-8,13H,2,9-12,14H2,1H3,(H,23,24);1H4;1H/t26-,32+,35-,39+;14-,18-,19+,22-;;;/m01.../s1. The summed E-state index contributed by atoms with van der Waals surface area (Å²) in [5.74, 6) is -1.05. The molecular formula is C89H113ClN10O15S4. The van der Waals surface area contributed by atoms with Gasteiger partial charge in [-0.1, -0.05) is 136 Å². The van der Waals surface area contributed by atoms with Crippen molar-refractivity contribution < 1.29 is 72.5 Å². The van der Waals surface area contributed by atoms with Crippen LogP contribution in [-0.4, -0.2) is 203 Å². The number of benzene rings is 6. The van der Waals surface area contributed by atoms with Crippen LogP contribution < -0.4 is 31.2 Å². The fraction of sp³-hybridized carbons (Fsp3) is 0.438. The van der Waals surface area contributed by atoms with Gasteiger partial charge in [-0.15, -0.1) is 57.8 Å². The Hall–Kier alpha value is -9.21. The van der Waals surface area contributed by atoms with E-state index in [4.69, 9.17) is 49.2 Å². The number of aliphatic hydroxyl groups excluding tert-OH is 2.